The van der Waals surface area contributed by atoms with Crippen LogP contribution in [0.3, 0.4) is 0 Å². The molecule has 2 heteroatoms. The second-order valence-electron chi connectivity index (χ2n) is 6.47. The van der Waals surface area contributed by atoms with Crippen molar-refractivity contribution < 1.29 is 0 Å². The minimum absolute atomic E-state index is 0.609. The van der Waals surface area contributed by atoms with Crippen molar-refractivity contribution >= 4 is 11.8 Å². The van der Waals surface area contributed by atoms with E-state index >= 15 is 0 Å². The molecule has 1 aromatic rings. The predicted octanol–water partition coefficient (Wildman–Crippen LogP) is 4.25. The highest BCUT2D eigenvalue weighted by molar-refractivity contribution is 7.99. The normalized spacial score (nSPS) is 26.5. The molecular formula is C17H23NS. The zero-order valence-electron chi connectivity index (χ0n) is 11.5. The van der Waals surface area contributed by atoms with E-state index in [0.29, 0.717) is 6.04 Å². The van der Waals surface area contributed by atoms with E-state index in [1.165, 1.54) is 49.3 Å². The van der Waals surface area contributed by atoms with Crippen molar-refractivity contribution in [2.24, 2.45) is 17.8 Å². The van der Waals surface area contributed by atoms with Gasteiger partial charge >= 0.3 is 0 Å². The lowest BCUT2D eigenvalue weighted by atomic mass is 9.96. The third-order valence-corrected chi connectivity index (χ3v) is 6.14. The summed E-state index contributed by atoms with van der Waals surface area (Å²) in [4.78, 5) is 1.50. The SMILES string of the molecule is c1ccc2c(c1)SCCC2NCC(C1CC1)C1CC1. The summed E-state index contributed by atoms with van der Waals surface area (Å²) in [5.41, 5.74) is 1.55. The van der Waals surface area contributed by atoms with Gasteiger partial charge in [-0.1, -0.05) is 18.2 Å². The van der Waals surface area contributed by atoms with Crippen LogP contribution in [-0.2, 0) is 0 Å². The number of fused-ring (bicyclic) bond motifs is 1. The topological polar surface area (TPSA) is 12.0 Å². The molecule has 4 rings (SSSR count). The van der Waals surface area contributed by atoms with Crippen LogP contribution in [0.5, 0.6) is 0 Å². The Morgan fingerprint density at radius 2 is 1.79 bits per heavy atom. The third-order valence-electron chi connectivity index (χ3n) is 5.01. The van der Waals surface area contributed by atoms with Crippen LogP contribution in [0.15, 0.2) is 29.2 Å². The highest BCUT2D eigenvalue weighted by Crippen LogP contribution is 2.49. The molecule has 0 amide bonds. The highest BCUT2D eigenvalue weighted by atomic mass is 32.2. The lowest BCUT2D eigenvalue weighted by molar-refractivity contribution is 0.351. The van der Waals surface area contributed by atoms with E-state index in [2.05, 4.69) is 29.6 Å². The standard InChI is InChI=1S/C17H23NS/c1-2-4-17-14(3-1)16(9-10-19-17)18-11-15(12-5-6-12)13-7-8-13/h1-4,12-13,15-16,18H,5-11H2. The molecule has 0 bridgehead atoms. The number of nitrogens with one attached hydrogen (secondary N) is 1. The van der Waals surface area contributed by atoms with Crippen molar-refractivity contribution in [1.82, 2.24) is 5.32 Å². The van der Waals surface area contributed by atoms with Gasteiger partial charge in [-0.15, -0.1) is 11.8 Å². The van der Waals surface area contributed by atoms with Crippen LogP contribution in [0.25, 0.3) is 0 Å². The van der Waals surface area contributed by atoms with E-state index in [4.69, 9.17) is 0 Å². The summed E-state index contributed by atoms with van der Waals surface area (Å²) in [7, 11) is 0. The van der Waals surface area contributed by atoms with Crippen molar-refractivity contribution in [2.75, 3.05) is 12.3 Å². The van der Waals surface area contributed by atoms with Crippen LogP contribution in [0.2, 0.25) is 0 Å². The van der Waals surface area contributed by atoms with Gasteiger partial charge in [0.25, 0.3) is 0 Å². The Morgan fingerprint density at radius 1 is 1.05 bits per heavy atom. The maximum absolute atomic E-state index is 3.91. The highest BCUT2D eigenvalue weighted by Gasteiger charge is 2.41. The molecule has 1 aliphatic heterocycles. The van der Waals surface area contributed by atoms with E-state index in [9.17, 15) is 0 Å². The van der Waals surface area contributed by atoms with Crippen molar-refractivity contribution in [3.05, 3.63) is 29.8 Å². The van der Waals surface area contributed by atoms with Crippen molar-refractivity contribution in [3.8, 4) is 0 Å². The second kappa shape index (κ2) is 5.14. The van der Waals surface area contributed by atoms with Gasteiger partial charge in [-0.3, -0.25) is 0 Å². The van der Waals surface area contributed by atoms with Gasteiger partial charge < -0.3 is 5.32 Å². The zero-order valence-corrected chi connectivity index (χ0v) is 12.3. The molecule has 1 atom stereocenters. The summed E-state index contributed by atoms with van der Waals surface area (Å²) in [6, 6.07) is 9.58. The second-order valence-corrected chi connectivity index (χ2v) is 7.61. The maximum atomic E-state index is 3.91. The molecule has 19 heavy (non-hydrogen) atoms. The van der Waals surface area contributed by atoms with Gasteiger partial charge in [0.1, 0.15) is 0 Å². The molecule has 3 aliphatic rings. The van der Waals surface area contributed by atoms with E-state index in [1.54, 1.807) is 5.56 Å². The van der Waals surface area contributed by atoms with E-state index in [0.717, 1.165) is 17.8 Å². The zero-order chi connectivity index (χ0) is 12.7. The molecule has 1 N–H and O–H groups in total. The van der Waals surface area contributed by atoms with Gasteiger partial charge in [0.05, 0.1) is 0 Å². The fourth-order valence-electron chi connectivity index (χ4n) is 3.60. The summed E-state index contributed by atoms with van der Waals surface area (Å²) in [5.74, 6) is 4.38. The summed E-state index contributed by atoms with van der Waals surface area (Å²) in [6.45, 7) is 1.26. The third kappa shape index (κ3) is 2.71. The summed E-state index contributed by atoms with van der Waals surface area (Å²) in [5, 5.41) is 3.91. The number of hydrogen-bond acceptors (Lipinski definition) is 2. The summed E-state index contributed by atoms with van der Waals surface area (Å²) >= 11 is 2.02. The minimum Gasteiger partial charge on any atom is -0.310 e. The first-order valence-corrected chi connectivity index (χ1v) is 8.85. The first kappa shape index (κ1) is 12.3. The number of thioether (sulfide) groups is 1. The Balaban J connectivity index is 1.42. The molecule has 2 aliphatic carbocycles. The number of hydrogen-bond donors (Lipinski definition) is 1. The average Bonchev–Trinajstić information content (AvgIpc) is 3.33. The molecule has 2 fully saturated rings. The van der Waals surface area contributed by atoms with Crippen LogP contribution >= 0.6 is 11.8 Å². The van der Waals surface area contributed by atoms with Crippen LogP contribution < -0.4 is 5.32 Å². The Kier molecular flexibility index (Phi) is 3.32. The van der Waals surface area contributed by atoms with Gasteiger partial charge in [0.2, 0.25) is 0 Å². The van der Waals surface area contributed by atoms with Gasteiger partial charge in [0, 0.05) is 10.9 Å². The monoisotopic (exact) mass is 273 g/mol. The fourth-order valence-corrected chi connectivity index (χ4v) is 4.72. The molecule has 1 aromatic carbocycles. The Hall–Kier alpha value is -0.470. The van der Waals surface area contributed by atoms with E-state index in [1.807, 2.05) is 11.8 Å². The molecule has 0 spiro atoms. The van der Waals surface area contributed by atoms with Crippen molar-refractivity contribution in [3.63, 3.8) is 0 Å². The summed E-state index contributed by atoms with van der Waals surface area (Å²) < 4.78 is 0. The van der Waals surface area contributed by atoms with Gasteiger partial charge in [-0.25, -0.2) is 0 Å². The number of benzene rings is 1. The largest absolute Gasteiger partial charge is 0.310 e. The molecule has 0 saturated heterocycles. The Labute approximate surface area is 120 Å². The Bertz CT molecular complexity index is 438. The lowest BCUT2D eigenvalue weighted by Crippen LogP contribution is -2.31. The van der Waals surface area contributed by atoms with Gasteiger partial charge in [-0.2, -0.15) is 0 Å². The van der Waals surface area contributed by atoms with Crippen LogP contribution in [0.4, 0.5) is 0 Å². The van der Waals surface area contributed by atoms with Crippen LogP contribution in [-0.4, -0.2) is 12.3 Å². The van der Waals surface area contributed by atoms with Crippen LogP contribution in [0.1, 0.15) is 43.7 Å². The fraction of sp³-hybridized carbons (Fsp3) is 0.647. The number of rotatable bonds is 5. The smallest absolute Gasteiger partial charge is 0.0339 e. The first-order chi connectivity index (χ1) is 9.42. The van der Waals surface area contributed by atoms with E-state index < -0.39 is 0 Å². The molecule has 1 heterocycles. The van der Waals surface area contributed by atoms with Crippen LogP contribution in [0, 0.1) is 17.8 Å². The van der Waals surface area contributed by atoms with Gasteiger partial charge in [-0.05, 0) is 73.8 Å². The lowest BCUT2D eigenvalue weighted by Gasteiger charge is -2.28. The quantitative estimate of drug-likeness (QED) is 0.860. The molecule has 2 saturated carbocycles. The average molecular weight is 273 g/mol. The predicted molar refractivity (Wildman–Crippen MR) is 81.5 cm³/mol. The molecular weight excluding hydrogens is 250 g/mol. The van der Waals surface area contributed by atoms with Crippen molar-refractivity contribution in [2.45, 2.75) is 43.0 Å². The molecule has 0 radical (unpaired) electrons. The first-order valence-electron chi connectivity index (χ1n) is 7.87. The van der Waals surface area contributed by atoms with E-state index in [-0.39, 0.29) is 0 Å². The maximum Gasteiger partial charge on any atom is 0.0339 e. The molecule has 0 aromatic heterocycles. The van der Waals surface area contributed by atoms with Crippen molar-refractivity contribution in [1.29, 1.82) is 0 Å². The molecule has 1 nitrogen and oxygen atoms in total. The molecule has 102 valence electrons. The Morgan fingerprint density at radius 3 is 2.53 bits per heavy atom. The van der Waals surface area contributed by atoms with Gasteiger partial charge in [0.15, 0.2) is 0 Å². The molecule has 1 unspecified atom stereocenters. The minimum atomic E-state index is 0.609. The summed E-state index contributed by atoms with van der Waals surface area (Å²) in [6.07, 6.45) is 7.30.